The Bertz CT molecular complexity index is 263. The normalized spacial score (nSPS) is 42.5. The Morgan fingerprint density at radius 3 is 2.85 bits per heavy atom. The van der Waals surface area contributed by atoms with Crippen LogP contribution in [0.5, 0.6) is 0 Å². The van der Waals surface area contributed by atoms with Gasteiger partial charge in [-0.1, -0.05) is 0 Å². The van der Waals surface area contributed by atoms with Crippen LogP contribution < -0.4 is 0 Å². The van der Waals surface area contributed by atoms with Gasteiger partial charge in [0.25, 0.3) is 0 Å². The minimum absolute atomic E-state index is 0.00778. The Hall–Kier alpha value is -0.610. The summed E-state index contributed by atoms with van der Waals surface area (Å²) in [5.41, 5.74) is 0. The number of carbonyl (C=O) groups excluding carboxylic acids is 2. The molecule has 2 saturated heterocycles. The second kappa shape index (κ2) is 2.96. The van der Waals surface area contributed by atoms with Crippen LogP contribution in [0.1, 0.15) is 13.3 Å². The van der Waals surface area contributed by atoms with Crippen LogP contribution in [0, 0.1) is 0 Å². The van der Waals surface area contributed by atoms with E-state index in [-0.39, 0.29) is 17.9 Å². The van der Waals surface area contributed by atoms with Crippen LogP contribution in [-0.2, 0) is 19.1 Å². The van der Waals surface area contributed by atoms with Crippen molar-refractivity contribution in [3.8, 4) is 0 Å². The van der Waals surface area contributed by atoms with Gasteiger partial charge in [0.15, 0.2) is 5.78 Å². The SMILES string of the molecule is CC(=O)O[C@@H]1[C@@H](Cl)[C@@H]2O[C@H]1CC2=O. The smallest absolute Gasteiger partial charge is 0.303 e. The highest BCUT2D eigenvalue weighted by Gasteiger charge is 2.55. The van der Waals surface area contributed by atoms with E-state index in [9.17, 15) is 9.59 Å². The van der Waals surface area contributed by atoms with Crippen molar-refractivity contribution < 1.29 is 19.1 Å². The summed E-state index contributed by atoms with van der Waals surface area (Å²) in [6, 6.07) is 0. The maximum atomic E-state index is 11.1. The molecule has 0 saturated carbocycles. The first-order chi connectivity index (χ1) is 6.09. The first-order valence-electron chi connectivity index (χ1n) is 4.09. The number of halogens is 1. The van der Waals surface area contributed by atoms with Gasteiger partial charge >= 0.3 is 5.97 Å². The molecule has 5 heteroatoms. The van der Waals surface area contributed by atoms with Crippen molar-refractivity contribution in [1.82, 2.24) is 0 Å². The van der Waals surface area contributed by atoms with Gasteiger partial charge in [0.2, 0.25) is 0 Å². The zero-order chi connectivity index (χ0) is 9.59. The summed E-state index contributed by atoms with van der Waals surface area (Å²) in [6.07, 6.45) is -1.05. The van der Waals surface area contributed by atoms with E-state index in [4.69, 9.17) is 21.1 Å². The molecule has 0 aromatic heterocycles. The molecule has 4 atom stereocenters. The Morgan fingerprint density at radius 1 is 1.69 bits per heavy atom. The van der Waals surface area contributed by atoms with E-state index in [0.29, 0.717) is 6.42 Å². The highest BCUT2D eigenvalue weighted by atomic mass is 35.5. The number of ketones is 1. The molecule has 2 fully saturated rings. The van der Waals surface area contributed by atoms with Crippen molar-refractivity contribution in [2.75, 3.05) is 0 Å². The standard InChI is InChI=1S/C8H9ClO4/c1-3(10)12-8-5-2-4(11)7(13-5)6(8)9/h5-8H,2H2,1H3/t5-,6-,7+,8-/m0/s1. The predicted molar refractivity (Wildman–Crippen MR) is 43.5 cm³/mol. The van der Waals surface area contributed by atoms with Gasteiger partial charge in [-0.3, -0.25) is 9.59 Å². The van der Waals surface area contributed by atoms with E-state index in [1.807, 2.05) is 0 Å². The van der Waals surface area contributed by atoms with Crippen LogP contribution in [0.2, 0.25) is 0 Å². The third-order valence-corrected chi connectivity index (χ3v) is 2.79. The van der Waals surface area contributed by atoms with Crippen molar-refractivity contribution in [2.45, 2.75) is 37.0 Å². The molecule has 0 aliphatic carbocycles. The fourth-order valence-corrected chi connectivity index (χ4v) is 2.20. The van der Waals surface area contributed by atoms with Crippen LogP contribution >= 0.6 is 11.6 Å². The van der Waals surface area contributed by atoms with Crippen LogP contribution in [0.3, 0.4) is 0 Å². The molecule has 0 spiro atoms. The summed E-state index contributed by atoms with van der Waals surface area (Å²) in [6.45, 7) is 1.32. The lowest BCUT2D eigenvalue weighted by Crippen LogP contribution is -2.40. The molecular weight excluding hydrogens is 196 g/mol. The van der Waals surface area contributed by atoms with E-state index in [0.717, 1.165) is 0 Å². The second-order valence-electron chi connectivity index (χ2n) is 3.28. The highest BCUT2D eigenvalue weighted by Crippen LogP contribution is 2.37. The molecule has 4 nitrogen and oxygen atoms in total. The lowest BCUT2D eigenvalue weighted by molar-refractivity contribution is -0.149. The molecule has 13 heavy (non-hydrogen) atoms. The van der Waals surface area contributed by atoms with Gasteiger partial charge in [0.05, 0.1) is 0 Å². The molecule has 2 heterocycles. The zero-order valence-electron chi connectivity index (χ0n) is 7.03. The number of alkyl halides is 1. The van der Waals surface area contributed by atoms with Gasteiger partial charge in [-0.05, 0) is 0 Å². The summed E-state index contributed by atoms with van der Waals surface area (Å²) < 4.78 is 10.2. The Morgan fingerprint density at radius 2 is 2.38 bits per heavy atom. The fourth-order valence-electron chi connectivity index (χ4n) is 1.78. The summed E-state index contributed by atoms with van der Waals surface area (Å²) in [4.78, 5) is 21.8. The van der Waals surface area contributed by atoms with E-state index in [1.54, 1.807) is 0 Å². The number of ether oxygens (including phenoxy) is 2. The maximum absolute atomic E-state index is 11.1. The van der Waals surface area contributed by atoms with Gasteiger partial charge in [-0.2, -0.15) is 0 Å². The number of hydrogen-bond donors (Lipinski definition) is 0. The van der Waals surface area contributed by atoms with Gasteiger partial charge in [0.1, 0.15) is 23.7 Å². The highest BCUT2D eigenvalue weighted by molar-refractivity contribution is 6.24. The quantitative estimate of drug-likeness (QED) is 0.454. The van der Waals surface area contributed by atoms with E-state index < -0.39 is 17.6 Å². The van der Waals surface area contributed by atoms with Crippen molar-refractivity contribution in [3.05, 3.63) is 0 Å². The summed E-state index contributed by atoms with van der Waals surface area (Å²) in [7, 11) is 0. The monoisotopic (exact) mass is 204 g/mol. The third-order valence-electron chi connectivity index (χ3n) is 2.31. The van der Waals surface area contributed by atoms with Gasteiger partial charge < -0.3 is 9.47 Å². The molecule has 0 N–H and O–H groups in total. The van der Waals surface area contributed by atoms with Gasteiger partial charge in [-0.15, -0.1) is 11.6 Å². The predicted octanol–water partition coefficient (Wildman–Crippen LogP) is 0.266. The lowest BCUT2D eigenvalue weighted by Gasteiger charge is -2.21. The molecule has 72 valence electrons. The molecule has 2 rings (SSSR count). The fraction of sp³-hybridized carbons (Fsp3) is 0.750. The van der Waals surface area contributed by atoms with Crippen molar-refractivity contribution in [2.24, 2.45) is 0 Å². The van der Waals surface area contributed by atoms with Crippen molar-refractivity contribution in [1.29, 1.82) is 0 Å². The first-order valence-corrected chi connectivity index (χ1v) is 4.52. The van der Waals surface area contributed by atoms with Gasteiger partial charge in [-0.25, -0.2) is 0 Å². The Balaban J connectivity index is 2.09. The average Bonchev–Trinajstić information content (AvgIpc) is 2.51. The number of carbonyl (C=O) groups is 2. The molecular formula is C8H9ClO4. The average molecular weight is 205 g/mol. The van der Waals surface area contributed by atoms with E-state index in [2.05, 4.69) is 0 Å². The lowest BCUT2D eigenvalue weighted by atomic mass is 9.96. The number of Topliss-reactive ketones (excluding diaryl/α,β-unsaturated/α-hetero) is 1. The number of hydrogen-bond acceptors (Lipinski definition) is 4. The third kappa shape index (κ3) is 1.34. The zero-order valence-corrected chi connectivity index (χ0v) is 7.78. The van der Waals surface area contributed by atoms with Crippen LogP contribution in [0.25, 0.3) is 0 Å². The summed E-state index contributed by atoms with van der Waals surface area (Å²) >= 11 is 5.89. The number of rotatable bonds is 1. The Kier molecular flexibility index (Phi) is 2.04. The largest absolute Gasteiger partial charge is 0.458 e. The summed E-state index contributed by atoms with van der Waals surface area (Å²) in [5.74, 6) is -0.382. The first kappa shape index (κ1) is 8.97. The van der Waals surface area contributed by atoms with Crippen molar-refractivity contribution >= 4 is 23.4 Å². The van der Waals surface area contributed by atoms with Gasteiger partial charge in [0, 0.05) is 13.3 Å². The molecule has 0 aromatic rings. The molecule has 2 bridgehead atoms. The minimum Gasteiger partial charge on any atom is -0.458 e. The minimum atomic E-state index is -0.573. The van der Waals surface area contributed by atoms with Crippen LogP contribution in [0.15, 0.2) is 0 Å². The molecule has 0 radical (unpaired) electrons. The van der Waals surface area contributed by atoms with E-state index >= 15 is 0 Å². The molecule has 2 aliphatic rings. The maximum Gasteiger partial charge on any atom is 0.303 e. The number of esters is 1. The van der Waals surface area contributed by atoms with Crippen LogP contribution in [-0.4, -0.2) is 35.4 Å². The summed E-state index contributed by atoms with van der Waals surface area (Å²) in [5, 5.41) is -0.518. The molecule has 0 unspecified atom stereocenters. The topological polar surface area (TPSA) is 52.6 Å². The number of fused-ring (bicyclic) bond motifs is 2. The van der Waals surface area contributed by atoms with E-state index in [1.165, 1.54) is 6.92 Å². The second-order valence-corrected chi connectivity index (χ2v) is 3.79. The molecule has 0 aromatic carbocycles. The van der Waals surface area contributed by atoms with Crippen LogP contribution in [0.4, 0.5) is 0 Å². The Labute approximate surface area is 80.1 Å². The molecule has 0 amide bonds. The van der Waals surface area contributed by atoms with Crippen molar-refractivity contribution in [3.63, 3.8) is 0 Å². The molecule has 2 aliphatic heterocycles.